The number of rotatable bonds is 7. The summed E-state index contributed by atoms with van der Waals surface area (Å²) in [4.78, 5) is 20.3. The number of amides is 1. The van der Waals surface area contributed by atoms with Crippen molar-refractivity contribution in [1.82, 2.24) is 29.2 Å². The van der Waals surface area contributed by atoms with Crippen LogP contribution >= 0.6 is 11.3 Å². The summed E-state index contributed by atoms with van der Waals surface area (Å²) in [5.74, 6) is -0.00561. The summed E-state index contributed by atoms with van der Waals surface area (Å²) in [5, 5.41) is 6.91. The third-order valence-corrected chi connectivity index (χ3v) is 8.66. The number of alkyl halides is 2. The molecule has 1 N–H and O–H groups in total. The maximum Gasteiger partial charge on any atom is 0.291 e. The SMILES string of the molecule is [2H]C([2H])([2H])C1(NS(=O)(=O)c2cc(N3CCN(C(=O)C(C)C)CC3)c3cnc(-c4nnc(C(F)F)s4)n3c2)CC1. The van der Waals surface area contributed by atoms with E-state index in [-0.39, 0.29) is 40.4 Å². The highest BCUT2D eigenvalue weighted by Crippen LogP contribution is 2.37. The Kier molecular flexibility index (Phi) is 5.34. The zero-order valence-corrected chi connectivity index (χ0v) is 21.2. The standard InChI is InChI=1S/C22H27F2N7O3S2/c1-13(2)21(32)30-8-6-29(7-9-30)15-10-14(36(33,34)28-22(3)4-5-22)12-31-16(15)11-25-18(31)20-27-26-19(35-20)17(23)24/h10-13,17,28H,4-9H2,1-3H3/i3D3. The van der Waals surface area contributed by atoms with E-state index in [2.05, 4.69) is 19.9 Å². The summed E-state index contributed by atoms with van der Waals surface area (Å²) >= 11 is 0.645. The fourth-order valence-corrected chi connectivity index (χ4v) is 6.14. The Bertz CT molecular complexity index is 1510. The van der Waals surface area contributed by atoms with Crippen LogP contribution in [-0.2, 0) is 14.8 Å². The van der Waals surface area contributed by atoms with Gasteiger partial charge in [-0.1, -0.05) is 25.2 Å². The molecule has 3 aromatic heterocycles. The molecule has 1 saturated heterocycles. The quantitative estimate of drug-likeness (QED) is 0.489. The molecule has 0 aromatic carbocycles. The van der Waals surface area contributed by atoms with E-state index in [0.29, 0.717) is 48.7 Å². The molecule has 0 atom stereocenters. The Hall–Kier alpha value is -2.71. The van der Waals surface area contributed by atoms with E-state index in [1.807, 2.05) is 18.7 Å². The Labute approximate surface area is 215 Å². The molecule has 10 nitrogen and oxygen atoms in total. The minimum absolute atomic E-state index is 0.0254. The lowest BCUT2D eigenvalue weighted by Gasteiger charge is -2.37. The molecule has 5 rings (SSSR count). The molecule has 0 bridgehead atoms. The number of sulfonamides is 1. The van der Waals surface area contributed by atoms with Crippen molar-refractivity contribution in [3.63, 3.8) is 0 Å². The zero-order valence-electron chi connectivity index (χ0n) is 22.6. The third-order valence-electron chi connectivity index (χ3n) is 6.23. The number of nitrogens with one attached hydrogen (secondary N) is 1. The van der Waals surface area contributed by atoms with Crippen molar-refractivity contribution in [2.45, 2.75) is 50.4 Å². The average molecular weight is 543 g/mol. The molecule has 0 unspecified atom stereocenters. The van der Waals surface area contributed by atoms with Gasteiger partial charge < -0.3 is 9.80 Å². The van der Waals surface area contributed by atoms with Gasteiger partial charge in [0, 0.05) is 47.9 Å². The largest absolute Gasteiger partial charge is 0.366 e. The Balaban J connectivity index is 1.58. The smallest absolute Gasteiger partial charge is 0.291 e. The minimum Gasteiger partial charge on any atom is -0.366 e. The van der Waals surface area contributed by atoms with Gasteiger partial charge in [0.2, 0.25) is 15.9 Å². The fraction of sp³-hybridized carbons (Fsp3) is 0.545. The summed E-state index contributed by atoms with van der Waals surface area (Å²) in [7, 11) is -4.31. The van der Waals surface area contributed by atoms with Gasteiger partial charge in [-0.3, -0.25) is 9.20 Å². The van der Waals surface area contributed by atoms with Crippen LogP contribution < -0.4 is 9.62 Å². The van der Waals surface area contributed by atoms with Gasteiger partial charge in [-0.15, -0.1) is 10.2 Å². The lowest BCUT2D eigenvalue weighted by Crippen LogP contribution is -2.50. The van der Waals surface area contributed by atoms with E-state index in [9.17, 15) is 22.0 Å². The van der Waals surface area contributed by atoms with Crippen LogP contribution in [0.1, 0.15) is 49.1 Å². The van der Waals surface area contributed by atoms with Crippen molar-refractivity contribution in [1.29, 1.82) is 0 Å². The molecule has 14 heteroatoms. The van der Waals surface area contributed by atoms with Crippen LogP contribution in [0.3, 0.4) is 0 Å². The fourth-order valence-electron chi connectivity index (χ4n) is 4.10. The molecule has 194 valence electrons. The van der Waals surface area contributed by atoms with Gasteiger partial charge in [0.25, 0.3) is 6.43 Å². The van der Waals surface area contributed by atoms with Crippen molar-refractivity contribution in [2.24, 2.45) is 5.92 Å². The van der Waals surface area contributed by atoms with E-state index < -0.39 is 33.8 Å². The van der Waals surface area contributed by atoms with Crippen LogP contribution in [0.4, 0.5) is 14.5 Å². The molecule has 2 aliphatic rings. The van der Waals surface area contributed by atoms with Gasteiger partial charge in [0.15, 0.2) is 15.8 Å². The maximum atomic E-state index is 13.5. The average Bonchev–Trinajstić information content (AvgIpc) is 3.30. The Morgan fingerprint density at radius 3 is 2.53 bits per heavy atom. The number of piperazine rings is 1. The van der Waals surface area contributed by atoms with Crippen LogP contribution in [0, 0.1) is 5.92 Å². The van der Waals surface area contributed by atoms with Crippen LogP contribution in [-0.4, -0.2) is 70.5 Å². The number of aromatic nitrogens is 4. The van der Waals surface area contributed by atoms with Crippen molar-refractivity contribution in [3.05, 3.63) is 23.5 Å². The number of halogens is 2. The topological polar surface area (TPSA) is 113 Å². The summed E-state index contributed by atoms with van der Waals surface area (Å²) in [6, 6.07) is 1.45. The second-order valence-corrected chi connectivity index (χ2v) is 12.0. The molecule has 4 heterocycles. The second-order valence-electron chi connectivity index (χ2n) is 9.30. The summed E-state index contributed by atoms with van der Waals surface area (Å²) < 4.78 is 80.5. The van der Waals surface area contributed by atoms with Crippen LogP contribution in [0.25, 0.3) is 16.3 Å². The normalized spacial score (nSPS) is 19.6. The number of anilines is 1. The molecular weight excluding hydrogens is 512 g/mol. The molecule has 1 aliphatic carbocycles. The first kappa shape index (κ1) is 21.4. The van der Waals surface area contributed by atoms with E-state index >= 15 is 0 Å². The van der Waals surface area contributed by atoms with Crippen molar-refractivity contribution in [3.8, 4) is 10.8 Å². The number of carbonyl (C=O) groups excluding carboxylic acids is 1. The number of pyridine rings is 1. The van der Waals surface area contributed by atoms with Gasteiger partial charge in [-0.2, -0.15) is 0 Å². The molecular formula is C22H27F2N7O3S2. The van der Waals surface area contributed by atoms with E-state index in [1.165, 1.54) is 22.9 Å². The van der Waals surface area contributed by atoms with Gasteiger partial charge in [0.05, 0.1) is 17.4 Å². The molecule has 0 radical (unpaired) electrons. The number of fused-ring (bicyclic) bond motifs is 1. The van der Waals surface area contributed by atoms with Gasteiger partial charge >= 0.3 is 0 Å². The first-order valence-electron chi connectivity index (χ1n) is 12.9. The number of hydrogen-bond acceptors (Lipinski definition) is 8. The number of imidazole rings is 1. The van der Waals surface area contributed by atoms with Crippen molar-refractivity contribution >= 4 is 38.5 Å². The molecule has 3 aromatic rings. The van der Waals surface area contributed by atoms with Gasteiger partial charge in [-0.25, -0.2) is 26.9 Å². The maximum absolute atomic E-state index is 13.5. The predicted octanol–water partition coefficient (Wildman–Crippen LogP) is 2.93. The molecule has 1 saturated carbocycles. The highest BCUT2D eigenvalue weighted by atomic mass is 32.2. The van der Waals surface area contributed by atoms with Gasteiger partial charge in [-0.05, 0) is 25.8 Å². The molecule has 36 heavy (non-hydrogen) atoms. The van der Waals surface area contributed by atoms with E-state index in [4.69, 9.17) is 4.11 Å². The first-order chi connectivity index (χ1) is 18.2. The molecule has 2 fully saturated rings. The minimum atomic E-state index is -4.31. The zero-order chi connectivity index (χ0) is 28.3. The monoisotopic (exact) mass is 542 g/mol. The van der Waals surface area contributed by atoms with Crippen LogP contribution in [0.15, 0.2) is 23.4 Å². The van der Waals surface area contributed by atoms with Crippen LogP contribution in [0.2, 0.25) is 0 Å². The first-order valence-corrected chi connectivity index (χ1v) is 13.7. The molecule has 1 aliphatic heterocycles. The van der Waals surface area contributed by atoms with Crippen molar-refractivity contribution < 1.29 is 26.1 Å². The summed E-state index contributed by atoms with van der Waals surface area (Å²) in [6.45, 7) is 2.81. The predicted molar refractivity (Wildman–Crippen MR) is 131 cm³/mol. The Morgan fingerprint density at radius 2 is 1.94 bits per heavy atom. The van der Waals surface area contributed by atoms with E-state index in [1.54, 1.807) is 4.90 Å². The molecule has 0 spiro atoms. The van der Waals surface area contributed by atoms with Gasteiger partial charge in [0.1, 0.15) is 4.90 Å². The second kappa shape index (κ2) is 8.99. The Morgan fingerprint density at radius 1 is 1.22 bits per heavy atom. The number of hydrogen-bond donors (Lipinski definition) is 1. The molecule has 1 amide bonds. The van der Waals surface area contributed by atoms with Crippen molar-refractivity contribution in [2.75, 3.05) is 31.1 Å². The van der Waals surface area contributed by atoms with E-state index in [0.717, 1.165) is 0 Å². The number of carbonyl (C=O) groups is 1. The lowest BCUT2D eigenvalue weighted by atomic mass is 10.1. The summed E-state index contributed by atoms with van der Waals surface area (Å²) in [6.07, 6.45) is 0.315. The highest BCUT2D eigenvalue weighted by Gasteiger charge is 2.41. The summed E-state index contributed by atoms with van der Waals surface area (Å²) in [5.41, 5.74) is -0.545. The third kappa shape index (κ3) is 4.68. The number of nitrogens with zero attached hydrogens (tertiary/aromatic N) is 6. The highest BCUT2D eigenvalue weighted by molar-refractivity contribution is 7.89. The lowest BCUT2D eigenvalue weighted by molar-refractivity contribution is -0.134. The van der Waals surface area contributed by atoms with Crippen LogP contribution in [0.5, 0.6) is 0 Å².